The fourth-order valence-electron chi connectivity index (χ4n) is 3.66. The van der Waals surface area contributed by atoms with Gasteiger partial charge in [0.2, 0.25) is 0 Å². The van der Waals surface area contributed by atoms with Gasteiger partial charge in [-0.15, -0.1) is 0 Å². The lowest BCUT2D eigenvalue weighted by atomic mass is 9.99. The van der Waals surface area contributed by atoms with Crippen LogP contribution in [0, 0.1) is 18.7 Å². The van der Waals surface area contributed by atoms with E-state index in [1.54, 1.807) is 6.92 Å². The largest absolute Gasteiger partial charge is 0.393 e. The molecule has 0 amide bonds. The second kappa shape index (κ2) is 6.94. The number of aliphatic hydroxyl groups is 1. The van der Waals surface area contributed by atoms with Crippen LogP contribution < -0.4 is 5.56 Å². The van der Waals surface area contributed by atoms with Crippen molar-refractivity contribution in [3.8, 4) is 0 Å². The molecule has 2 aromatic heterocycles. The molecule has 3 aromatic rings. The SMILES string of the molecule is Cc1nc2c(c(CO)nn2C(c2ccc(CC(F)(F)F)c(F)c2)C2CC2)c(=O)[nH]1. The van der Waals surface area contributed by atoms with Crippen LogP contribution in [0.5, 0.6) is 0 Å². The van der Waals surface area contributed by atoms with Gasteiger partial charge in [-0.2, -0.15) is 18.3 Å². The van der Waals surface area contributed by atoms with Crippen LogP contribution in [0.15, 0.2) is 23.0 Å². The highest BCUT2D eigenvalue weighted by atomic mass is 19.4. The number of alkyl halides is 3. The van der Waals surface area contributed by atoms with Crippen LogP contribution in [0.3, 0.4) is 0 Å². The van der Waals surface area contributed by atoms with Gasteiger partial charge in [-0.05, 0) is 42.9 Å². The highest BCUT2D eigenvalue weighted by Gasteiger charge is 2.37. The lowest BCUT2D eigenvalue weighted by molar-refractivity contribution is -0.127. The number of aromatic amines is 1. The molecule has 154 valence electrons. The van der Waals surface area contributed by atoms with Crippen molar-refractivity contribution < 1.29 is 22.7 Å². The molecule has 1 fully saturated rings. The lowest BCUT2D eigenvalue weighted by Crippen LogP contribution is -2.18. The highest BCUT2D eigenvalue weighted by Crippen LogP contribution is 2.44. The van der Waals surface area contributed by atoms with Crippen LogP contribution in [0.1, 0.15) is 41.5 Å². The number of halogens is 4. The van der Waals surface area contributed by atoms with Crippen molar-refractivity contribution in [3.63, 3.8) is 0 Å². The maximum atomic E-state index is 14.4. The Morgan fingerprint density at radius 2 is 2.07 bits per heavy atom. The molecule has 0 spiro atoms. The Morgan fingerprint density at radius 3 is 2.66 bits per heavy atom. The predicted molar refractivity (Wildman–Crippen MR) is 95.8 cm³/mol. The van der Waals surface area contributed by atoms with E-state index in [4.69, 9.17) is 0 Å². The first-order valence-corrected chi connectivity index (χ1v) is 9.12. The molecular formula is C19H18F4N4O2. The minimum atomic E-state index is -4.51. The summed E-state index contributed by atoms with van der Waals surface area (Å²) < 4.78 is 53.8. The first-order chi connectivity index (χ1) is 13.7. The highest BCUT2D eigenvalue weighted by molar-refractivity contribution is 5.77. The summed E-state index contributed by atoms with van der Waals surface area (Å²) in [6.07, 6.45) is -4.19. The summed E-state index contributed by atoms with van der Waals surface area (Å²) in [5.74, 6) is -0.500. The Morgan fingerprint density at radius 1 is 1.34 bits per heavy atom. The van der Waals surface area contributed by atoms with Crippen LogP contribution >= 0.6 is 0 Å². The van der Waals surface area contributed by atoms with Gasteiger partial charge in [-0.1, -0.05) is 12.1 Å². The van der Waals surface area contributed by atoms with Gasteiger partial charge in [-0.3, -0.25) is 4.79 Å². The first kappa shape index (κ1) is 19.6. The van der Waals surface area contributed by atoms with E-state index in [-0.39, 0.29) is 22.6 Å². The number of rotatable bonds is 5. The lowest BCUT2D eigenvalue weighted by Gasteiger charge is -2.19. The zero-order chi connectivity index (χ0) is 20.9. The third kappa shape index (κ3) is 3.76. The summed E-state index contributed by atoms with van der Waals surface area (Å²) in [6, 6.07) is 3.19. The Kier molecular flexibility index (Phi) is 4.68. The maximum Gasteiger partial charge on any atom is 0.393 e. The van der Waals surface area contributed by atoms with Crippen LogP contribution in [0.25, 0.3) is 11.0 Å². The Hall–Kier alpha value is -2.75. The number of fused-ring (bicyclic) bond motifs is 1. The minimum Gasteiger partial charge on any atom is -0.390 e. The van der Waals surface area contributed by atoms with E-state index in [1.165, 1.54) is 10.7 Å². The molecule has 1 aliphatic carbocycles. The van der Waals surface area contributed by atoms with Crippen molar-refractivity contribution in [2.45, 2.75) is 45.0 Å². The summed E-state index contributed by atoms with van der Waals surface area (Å²) >= 11 is 0. The van der Waals surface area contributed by atoms with Crippen molar-refractivity contribution in [2.24, 2.45) is 5.92 Å². The molecule has 1 aliphatic rings. The van der Waals surface area contributed by atoms with Gasteiger partial charge >= 0.3 is 6.18 Å². The molecule has 2 N–H and O–H groups in total. The van der Waals surface area contributed by atoms with Crippen LogP contribution in [0.4, 0.5) is 17.6 Å². The number of hydrogen-bond acceptors (Lipinski definition) is 4. The van der Waals surface area contributed by atoms with Crippen LogP contribution in [-0.2, 0) is 13.0 Å². The smallest absolute Gasteiger partial charge is 0.390 e. The molecule has 1 aromatic carbocycles. The molecule has 0 aliphatic heterocycles. The fraction of sp³-hybridized carbons (Fsp3) is 0.421. The van der Waals surface area contributed by atoms with Crippen molar-refractivity contribution in [1.82, 2.24) is 19.7 Å². The predicted octanol–water partition coefficient (Wildman–Crippen LogP) is 3.16. The molecule has 1 atom stereocenters. The van der Waals surface area contributed by atoms with Crippen molar-refractivity contribution >= 4 is 11.0 Å². The van der Waals surface area contributed by atoms with Gasteiger partial charge in [0.05, 0.1) is 19.1 Å². The molecule has 2 heterocycles. The zero-order valence-corrected chi connectivity index (χ0v) is 15.4. The fourth-order valence-corrected chi connectivity index (χ4v) is 3.66. The number of aryl methyl sites for hydroxylation is 1. The topological polar surface area (TPSA) is 83.8 Å². The number of H-pyrrole nitrogens is 1. The van der Waals surface area contributed by atoms with Gasteiger partial charge in [-0.25, -0.2) is 14.1 Å². The van der Waals surface area contributed by atoms with E-state index in [0.717, 1.165) is 25.0 Å². The van der Waals surface area contributed by atoms with Crippen molar-refractivity contribution in [3.05, 3.63) is 57.0 Å². The van der Waals surface area contributed by atoms with E-state index in [9.17, 15) is 27.5 Å². The number of aliphatic hydroxyl groups excluding tert-OH is 1. The third-order valence-corrected chi connectivity index (χ3v) is 5.04. The molecule has 0 bridgehead atoms. The number of nitrogens with one attached hydrogen (secondary N) is 1. The first-order valence-electron chi connectivity index (χ1n) is 9.12. The molecule has 10 heteroatoms. The molecule has 6 nitrogen and oxygen atoms in total. The number of benzene rings is 1. The molecule has 29 heavy (non-hydrogen) atoms. The molecule has 1 unspecified atom stereocenters. The standard InChI is InChI=1S/C19H18F4N4O2/c1-9-24-17-15(18(29)25-9)14(8-28)26-27(17)16(10-2-3-10)11-4-5-12(13(20)6-11)7-19(21,22)23/h4-6,10,16,28H,2-3,7-8H2,1H3,(H,24,25,29). The second-order valence-electron chi connectivity index (χ2n) is 7.32. The molecule has 0 saturated heterocycles. The van der Waals surface area contributed by atoms with E-state index in [0.29, 0.717) is 11.4 Å². The normalized spacial score (nSPS) is 15.8. The number of aromatic nitrogens is 4. The molecule has 4 rings (SSSR count). The van der Waals surface area contributed by atoms with Gasteiger partial charge in [0, 0.05) is 0 Å². The van der Waals surface area contributed by atoms with E-state index < -0.39 is 42.2 Å². The minimum absolute atomic E-state index is 0.0823. The maximum absolute atomic E-state index is 14.4. The average molecular weight is 410 g/mol. The quantitative estimate of drug-likeness (QED) is 0.633. The van der Waals surface area contributed by atoms with Gasteiger partial charge in [0.1, 0.15) is 22.7 Å². The van der Waals surface area contributed by atoms with E-state index in [2.05, 4.69) is 15.1 Å². The van der Waals surface area contributed by atoms with Gasteiger partial charge < -0.3 is 10.1 Å². The third-order valence-electron chi connectivity index (χ3n) is 5.04. The molecule has 0 radical (unpaired) electrons. The van der Waals surface area contributed by atoms with Gasteiger partial charge in [0.15, 0.2) is 5.65 Å². The Labute approximate surface area is 162 Å². The summed E-state index contributed by atoms with van der Waals surface area (Å²) in [5.41, 5.74) is -0.0169. The van der Waals surface area contributed by atoms with Gasteiger partial charge in [0.25, 0.3) is 5.56 Å². The Bertz CT molecular complexity index is 1130. The molecule has 1 saturated carbocycles. The Balaban J connectivity index is 1.84. The van der Waals surface area contributed by atoms with Crippen LogP contribution in [-0.4, -0.2) is 31.0 Å². The number of nitrogens with zero attached hydrogens (tertiary/aromatic N) is 3. The second-order valence-corrected chi connectivity index (χ2v) is 7.32. The number of hydrogen-bond donors (Lipinski definition) is 2. The average Bonchev–Trinajstić information content (AvgIpc) is 3.38. The van der Waals surface area contributed by atoms with E-state index >= 15 is 0 Å². The zero-order valence-electron chi connectivity index (χ0n) is 15.4. The summed E-state index contributed by atoms with van der Waals surface area (Å²) in [4.78, 5) is 19.2. The summed E-state index contributed by atoms with van der Waals surface area (Å²) in [7, 11) is 0. The monoisotopic (exact) mass is 410 g/mol. The van der Waals surface area contributed by atoms with Crippen LogP contribution in [0.2, 0.25) is 0 Å². The van der Waals surface area contributed by atoms with Crippen molar-refractivity contribution in [2.75, 3.05) is 0 Å². The van der Waals surface area contributed by atoms with E-state index in [1.807, 2.05) is 0 Å². The summed E-state index contributed by atoms with van der Waals surface area (Å²) in [5, 5.41) is 14.1. The van der Waals surface area contributed by atoms with Crippen molar-refractivity contribution in [1.29, 1.82) is 0 Å². The summed E-state index contributed by atoms with van der Waals surface area (Å²) in [6.45, 7) is 1.13. The molecular weight excluding hydrogens is 392 g/mol.